The van der Waals surface area contributed by atoms with Gasteiger partial charge >= 0.3 is 0 Å². The zero-order chi connectivity index (χ0) is 23.8. The summed E-state index contributed by atoms with van der Waals surface area (Å²) < 4.78 is 7.35. The molecule has 0 amide bonds. The van der Waals surface area contributed by atoms with Crippen molar-refractivity contribution >= 4 is 17.7 Å². The van der Waals surface area contributed by atoms with Gasteiger partial charge in [-0.1, -0.05) is 54.1 Å². The topological polar surface area (TPSA) is 47.4 Å². The van der Waals surface area contributed by atoms with Crippen molar-refractivity contribution in [2.45, 2.75) is 13.2 Å². The number of nitrogens with zero attached hydrogens (tertiary/aromatic N) is 3. The molecule has 0 atom stereocenters. The van der Waals surface area contributed by atoms with Crippen LogP contribution in [0.25, 0.3) is 11.8 Å². The summed E-state index contributed by atoms with van der Waals surface area (Å²) in [5, 5.41) is 0.681. The van der Waals surface area contributed by atoms with E-state index in [1.54, 1.807) is 16.8 Å². The first-order valence-electron chi connectivity index (χ1n) is 11.0. The van der Waals surface area contributed by atoms with Crippen molar-refractivity contribution in [3.8, 4) is 11.4 Å². The van der Waals surface area contributed by atoms with Crippen LogP contribution in [0.2, 0.25) is 5.02 Å². The Morgan fingerprint density at radius 1 is 1.03 bits per heavy atom. The Morgan fingerprint density at radius 3 is 2.53 bits per heavy atom. The fourth-order valence-electron chi connectivity index (χ4n) is 3.46. The highest BCUT2D eigenvalue weighted by molar-refractivity contribution is 6.30. The standard InChI is InChI=1S/C28H26ClN3O2/c1-31(20-25-6-2-3-16-30-25)17-4-5-22-9-13-26(14-10-22)32-18-15-27(19-28(32)33)34-21-23-7-11-24(29)12-8-23/h2-16,18-19H,17,20-21H2,1H3. The minimum Gasteiger partial charge on any atom is -0.489 e. The van der Waals surface area contributed by atoms with Crippen LogP contribution in [0, 0.1) is 0 Å². The molecule has 0 saturated carbocycles. The zero-order valence-corrected chi connectivity index (χ0v) is 19.7. The number of pyridine rings is 2. The molecule has 2 heterocycles. The lowest BCUT2D eigenvalue weighted by Gasteiger charge is -2.13. The predicted octanol–water partition coefficient (Wildman–Crippen LogP) is 5.61. The average molecular weight is 472 g/mol. The summed E-state index contributed by atoms with van der Waals surface area (Å²) in [6.07, 6.45) is 7.75. The first kappa shape index (κ1) is 23.5. The molecular formula is C28H26ClN3O2. The van der Waals surface area contributed by atoms with E-state index in [9.17, 15) is 4.79 Å². The van der Waals surface area contributed by atoms with E-state index in [1.165, 1.54) is 6.07 Å². The van der Waals surface area contributed by atoms with E-state index in [1.807, 2.05) is 72.9 Å². The molecule has 0 spiro atoms. The number of hydrogen-bond acceptors (Lipinski definition) is 4. The Labute approximate surface area is 204 Å². The predicted molar refractivity (Wildman–Crippen MR) is 137 cm³/mol. The molecule has 0 aliphatic rings. The summed E-state index contributed by atoms with van der Waals surface area (Å²) in [5.74, 6) is 0.533. The molecule has 2 aromatic carbocycles. The molecule has 6 heteroatoms. The highest BCUT2D eigenvalue weighted by atomic mass is 35.5. The van der Waals surface area contributed by atoms with E-state index in [4.69, 9.17) is 16.3 Å². The van der Waals surface area contributed by atoms with E-state index < -0.39 is 0 Å². The van der Waals surface area contributed by atoms with Gasteiger partial charge in [0.1, 0.15) is 12.4 Å². The number of halogens is 1. The summed E-state index contributed by atoms with van der Waals surface area (Å²) in [6.45, 7) is 1.99. The van der Waals surface area contributed by atoms with Gasteiger partial charge < -0.3 is 4.74 Å². The summed E-state index contributed by atoms with van der Waals surface area (Å²) in [6, 6.07) is 24.6. The van der Waals surface area contributed by atoms with E-state index in [0.29, 0.717) is 17.4 Å². The number of ether oxygens (including phenoxy) is 1. The van der Waals surface area contributed by atoms with Gasteiger partial charge in [0, 0.05) is 42.3 Å². The molecule has 0 unspecified atom stereocenters. The lowest BCUT2D eigenvalue weighted by molar-refractivity contribution is 0.305. The fraction of sp³-hybridized carbons (Fsp3) is 0.143. The van der Waals surface area contributed by atoms with Crippen molar-refractivity contribution in [3.63, 3.8) is 0 Å². The number of rotatable bonds is 9. The quantitative estimate of drug-likeness (QED) is 0.318. The maximum atomic E-state index is 12.6. The van der Waals surface area contributed by atoms with Crippen molar-refractivity contribution in [1.82, 2.24) is 14.5 Å². The first-order valence-corrected chi connectivity index (χ1v) is 11.4. The van der Waals surface area contributed by atoms with Crippen LogP contribution >= 0.6 is 11.6 Å². The Hall–Kier alpha value is -3.67. The fourth-order valence-corrected chi connectivity index (χ4v) is 3.58. The highest BCUT2D eigenvalue weighted by Gasteiger charge is 2.04. The monoisotopic (exact) mass is 471 g/mol. The third-order valence-corrected chi connectivity index (χ3v) is 5.52. The molecule has 5 nitrogen and oxygen atoms in total. The Morgan fingerprint density at radius 2 is 1.82 bits per heavy atom. The van der Waals surface area contributed by atoms with Gasteiger partial charge in [0.25, 0.3) is 5.56 Å². The summed E-state index contributed by atoms with van der Waals surface area (Å²) >= 11 is 5.91. The van der Waals surface area contributed by atoms with Crippen molar-refractivity contribution in [3.05, 3.63) is 130 Å². The van der Waals surface area contributed by atoms with Gasteiger partial charge in [-0.25, -0.2) is 0 Å². The molecule has 34 heavy (non-hydrogen) atoms. The van der Waals surface area contributed by atoms with Gasteiger partial charge in [-0.3, -0.25) is 19.2 Å². The lowest BCUT2D eigenvalue weighted by atomic mass is 10.2. The zero-order valence-electron chi connectivity index (χ0n) is 19.0. The van der Waals surface area contributed by atoms with E-state index in [-0.39, 0.29) is 5.56 Å². The molecular weight excluding hydrogens is 446 g/mol. The van der Waals surface area contributed by atoms with Gasteiger partial charge in [-0.05, 0) is 60.6 Å². The van der Waals surface area contributed by atoms with Crippen LogP contribution in [0.1, 0.15) is 16.8 Å². The Bertz CT molecular complexity index is 1280. The van der Waals surface area contributed by atoms with Crippen LogP contribution in [-0.4, -0.2) is 28.0 Å². The van der Waals surface area contributed by atoms with Crippen molar-refractivity contribution in [1.29, 1.82) is 0 Å². The van der Waals surface area contributed by atoms with Gasteiger partial charge in [-0.2, -0.15) is 0 Å². The molecule has 0 bridgehead atoms. The molecule has 172 valence electrons. The van der Waals surface area contributed by atoms with Crippen LogP contribution in [-0.2, 0) is 13.2 Å². The SMILES string of the molecule is CN(CC=Cc1ccc(-n2ccc(OCc3ccc(Cl)cc3)cc2=O)cc1)Cc1ccccn1. The Balaban J connectivity index is 1.33. The number of benzene rings is 2. The van der Waals surface area contributed by atoms with E-state index in [2.05, 4.69) is 29.1 Å². The van der Waals surface area contributed by atoms with Gasteiger partial charge in [0.2, 0.25) is 0 Å². The molecule has 0 N–H and O–H groups in total. The number of hydrogen-bond donors (Lipinski definition) is 0. The van der Waals surface area contributed by atoms with Crippen LogP contribution < -0.4 is 10.3 Å². The van der Waals surface area contributed by atoms with E-state index >= 15 is 0 Å². The molecule has 0 aliphatic carbocycles. The second kappa shape index (κ2) is 11.5. The van der Waals surface area contributed by atoms with Crippen molar-refractivity contribution in [2.24, 2.45) is 0 Å². The maximum Gasteiger partial charge on any atom is 0.258 e. The average Bonchev–Trinajstić information content (AvgIpc) is 2.85. The van der Waals surface area contributed by atoms with Gasteiger partial charge in [-0.15, -0.1) is 0 Å². The summed E-state index contributed by atoms with van der Waals surface area (Å²) in [4.78, 5) is 19.2. The highest BCUT2D eigenvalue weighted by Crippen LogP contribution is 2.15. The van der Waals surface area contributed by atoms with Crippen LogP contribution in [0.3, 0.4) is 0 Å². The third kappa shape index (κ3) is 6.67. The van der Waals surface area contributed by atoms with Crippen molar-refractivity contribution < 1.29 is 4.74 Å². The maximum absolute atomic E-state index is 12.6. The Kier molecular flexibility index (Phi) is 7.91. The van der Waals surface area contributed by atoms with Crippen LogP contribution in [0.15, 0.2) is 102 Å². The van der Waals surface area contributed by atoms with Gasteiger partial charge in [0.05, 0.1) is 5.69 Å². The first-order chi connectivity index (χ1) is 16.6. The molecule has 0 aliphatic heterocycles. The molecule has 0 radical (unpaired) electrons. The third-order valence-electron chi connectivity index (χ3n) is 5.27. The van der Waals surface area contributed by atoms with E-state index in [0.717, 1.165) is 35.6 Å². The smallest absolute Gasteiger partial charge is 0.258 e. The normalized spacial score (nSPS) is 11.3. The van der Waals surface area contributed by atoms with Crippen molar-refractivity contribution in [2.75, 3.05) is 13.6 Å². The number of aromatic nitrogens is 2. The largest absolute Gasteiger partial charge is 0.489 e. The second-order valence-corrected chi connectivity index (χ2v) is 8.43. The molecule has 0 saturated heterocycles. The molecule has 2 aromatic heterocycles. The summed E-state index contributed by atoms with van der Waals surface area (Å²) in [5.41, 5.74) is 3.77. The molecule has 4 rings (SSSR count). The van der Waals surface area contributed by atoms with Crippen LogP contribution in [0.5, 0.6) is 5.75 Å². The second-order valence-electron chi connectivity index (χ2n) is 8.00. The molecule has 4 aromatic rings. The molecule has 0 fully saturated rings. The van der Waals surface area contributed by atoms with Crippen LogP contribution in [0.4, 0.5) is 0 Å². The minimum atomic E-state index is -0.145. The van der Waals surface area contributed by atoms with Gasteiger partial charge in [0.15, 0.2) is 0 Å². The minimum absolute atomic E-state index is 0.145. The summed E-state index contributed by atoms with van der Waals surface area (Å²) in [7, 11) is 2.07. The number of likely N-dealkylation sites (N-methyl/N-ethyl adjacent to an activating group) is 1. The lowest BCUT2D eigenvalue weighted by Crippen LogP contribution is -2.18.